The molecule has 0 radical (unpaired) electrons. The van der Waals surface area contributed by atoms with Crippen molar-refractivity contribution in [2.24, 2.45) is 10.9 Å². The van der Waals surface area contributed by atoms with Crippen molar-refractivity contribution >= 4 is 5.90 Å². The van der Waals surface area contributed by atoms with Crippen LogP contribution in [0, 0.1) is 5.92 Å². The molecule has 2 aliphatic heterocycles. The molecule has 1 N–H and O–H groups in total. The molecule has 16 heavy (non-hydrogen) atoms. The van der Waals surface area contributed by atoms with Crippen LogP contribution in [0.2, 0.25) is 0 Å². The highest BCUT2D eigenvalue weighted by Gasteiger charge is 2.15. The van der Waals surface area contributed by atoms with E-state index < -0.39 is 0 Å². The zero-order chi connectivity index (χ0) is 11.2. The van der Waals surface area contributed by atoms with Gasteiger partial charge in [-0.2, -0.15) is 0 Å². The van der Waals surface area contributed by atoms with Crippen LogP contribution in [-0.2, 0) is 4.74 Å². The van der Waals surface area contributed by atoms with Gasteiger partial charge < -0.3 is 10.1 Å². The Hall–Kier alpha value is -1.09. The van der Waals surface area contributed by atoms with Crippen molar-refractivity contribution in [2.75, 3.05) is 20.2 Å². The van der Waals surface area contributed by atoms with E-state index in [1.165, 1.54) is 37.9 Å². The number of allylic oxidation sites excluding steroid dienone is 2. The Morgan fingerprint density at radius 1 is 1.44 bits per heavy atom. The minimum Gasteiger partial charge on any atom is -0.481 e. The van der Waals surface area contributed by atoms with Gasteiger partial charge in [0.2, 0.25) is 5.90 Å². The van der Waals surface area contributed by atoms with Crippen molar-refractivity contribution in [2.45, 2.75) is 25.7 Å². The van der Waals surface area contributed by atoms with Gasteiger partial charge in [0.1, 0.15) is 0 Å². The zero-order valence-electron chi connectivity index (χ0n) is 9.91. The number of nitrogens with zero attached hydrogens (tertiary/aromatic N) is 1. The molecule has 1 saturated heterocycles. The highest BCUT2D eigenvalue weighted by molar-refractivity contribution is 5.89. The first-order valence-corrected chi connectivity index (χ1v) is 6.05. The fourth-order valence-electron chi connectivity index (χ4n) is 2.31. The van der Waals surface area contributed by atoms with Crippen LogP contribution < -0.4 is 5.32 Å². The fourth-order valence-corrected chi connectivity index (χ4v) is 2.31. The first-order valence-electron chi connectivity index (χ1n) is 6.05. The average molecular weight is 220 g/mol. The Balaban J connectivity index is 1.95. The predicted octanol–water partition coefficient (Wildman–Crippen LogP) is 2.26. The number of methoxy groups -OCH3 is 1. The van der Waals surface area contributed by atoms with Gasteiger partial charge >= 0.3 is 0 Å². The summed E-state index contributed by atoms with van der Waals surface area (Å²) in [5.74, 6) is 1.56. The van der Waals surface area contributed by atoms with Crippen LogP contribution in [0.4, 0.5) is 0 Å². The second-order valence-corrected chi connectivity index (χ2v) is 4.46. The number of rotatable bonds is 2. The lowest BCUT2D eigenvalue weighted by atomic mass is 9.89. The monoisotopic (exact) mass is 220 g/mol. The topological polar surface area (TPSA) is 33.6 Å². The van der Waals surface area contributed by atoms with Crippen molar-refractivity contribution in [1.82, 2.24) is 5.32 Å². The summed E-state index contributed by atoms with van der Waals surface area (Å²) in [6.45, 7) is 2.33. The molecule has 0 aliphatic carbocycles. The molecular formula is C13H20N2O. The summed E-state index contributed by atoms with van der Waals surface area (Å²) in [6, 6.07) is 0. The molecule has 0 saturated carbocycles. The third kappa shape index (κ3) is 3.20. The Bertz CT molecular complexity index is 312. The summed E-state index contributed by atoms with van der Waals surface area (Å²) in [5.41, 5.74) is 1.45. The van der Waals surface area contributed by atoms with Crippen LogP contribution in [-0.4, -0.2) is 26.1 Å². The molecular weight excluding hydrogens is 200 g/mol. The van der Waals surface area contributed by atoms with Gasteiger partial charge in [-0.3, -0.25) is 0 Å². The molecule has 2 rings (SSSR count). The lowest BCUT2D eigenvalue weighted by Gasteiger charge is -2.23. The largest absolute Gasteiger partial charge is 0.481 e. The summed E-state index contributed by atoms with van der Waals surface area (Å²) in [7, 11) is 1.68. The summed E-state index contributed by atoms with van der Waals surface area (Å²) in [6.07, 6.45) is 10.8. The Labute approximate surface area is 97.3 Å². The molecule has 0 amide bonds. The number of hydrogen-bond acceptors (Lipinski definition) is 3. The van der Waals surface area contributed by atoms with Crippen LogP contribution in [0.25, 0.3) is 0 Å². The van der Waals surface area contributed by atoms with Gasteiger partial charge in [-0.1, -0.05) is 11.6 Å². The van der Waals surface area contributed by atoms with E-state index in [4.69, 9.17) is 4.74 Å². The van der Waals surface area contributed by atoms with E-state index in [0.717, 1.165) is 18.2 Å². The quantitative estimate of drug-likeness (QED) is 0.774. The summed E-state index contributed by atoms with van der Waals surface area (Å²) < 4.78 is 5.20. The van der Waals surface area contributed by atoms with E-state index >= 15 is 0 Å². The van der Waals surface area contributed by atoms with Crippen LogP contribution in [0.15, 0.2) is 28.9 Å². The SMILES string of the molecule is COC1=NC=CCC(CC2CCNCC2)=C1. The van der Waals surface area contributed by atoms with Gasteiger partial charge in [0.05, 0.1) is 7.11 Å². The number of hydrogen-bond donors (Lipinski definition) is 1. The number of aliphatic imine (C=N–C) groups is 1. The van der Waals surface area contributed by atoms with Crippen LogP contribution in [0.1, 0.15) is 25.7 Å². The van der Waals surface area contributed by atoms with Gasteiger partial charge in [-0.15, -0.1) is 0 Å². The van der Waals surface area contributed by atoms with Crippen LogP contribution >= 0.6 is 0 Å². The minimum absolute atomic E-state index is 0.734. The smallest absolute Gasteiger partial charge is 0.212 e. The molecule has 3 nitrogen and oxygen atoms in total. The van der Waals surface area contributed by atoms with Gasteiger partial charge in [-0.05, 0) is 50.8 Å². The standard InChI is InChI=1S/C13H20N2O/c1-16-13-10-12(3-2-6-15-13)9-11-4-7-14-8-5-11/h2,6,10-11,14H,3-5,7-9H2,1H3. The third-order valence-electron chi connectivity index (χ3n) is 3.23. The highest BCUT2D eigenvalue weighted by atomic mass is 16.5. The number of piperidine rings is 1. The van der Waals surface area contributed by atoms with Crippen LogP contribution in [0.5, 0.6) is 0 Å². The molecule has 2 heterocycles. The van der Waals surface area contributed by atoms with E-state index in [1.54, 1.807) is 7.11 Å². The summed E-state index contributed by atoms with van der Waals surface area (Å²) in [4.78, 5) is 4.21. The lowest BCUT2D eigenvalue weighted by Crippen LogP contribution is -2.27. The van der Waals surface area contributed by atoms with E-state index in [1.807, 2.05) is 6.20 Å². The Kier molecular flexibility index (Phi) is 4.17. The maximum Gasteiger partial charge on any atom is 0.212 e. The van der Waals surface area contributed by atoms with Crippen LogP contribution in [0.3, 0.4) is 0 Å². The first-order chi connectivity index (χ1) is 7.88. The van der Waals surface area contributed by atoms with Gasteiger partial charge in [0, 0.05) is 6.20 Å². The molecule has 0 unspecified atom stereocenters. The average Bonchev–Trinajstić information content (AvgIpc) is 2.55. The Morgan fingerprint density at radius 2 is 2.25 bits per heavy atom. The fraction of sp³-hybridized carbons (Fsp3) is 0.615. The van der Waals surface area contributed by atoms with Crippen molar-refractivity contribution < 1.29 is 4.74 Å². The van der Waals surface area contributed by atoms with E-state index in [2.05, 4.69) is 22.5 Å². The van der Waals surface area contributed by atoms with Crippen molar-refractivity contribution in [3.8, 4) is 0 Å². The van der Waals surface area contributed by atoms with Gasteiger partial charge in [-0.25, -0.2) is 4.99 Å². The lowest BCUT2D eigenvalue weighted by molar-refractivity contribution is 0.370. The van der Waals surface area contributed by atoms with Gasteiger partial charge in [0.25, 0.3) is 0 Å². The number of nitrogens with one attached hydrogen (secondary N) is 1. The third-order valence-corrected chi connectivity index (χ3v) is 3.23. The molecule has 0 aromatic heterocycles. The highest BCUT2D eigenvalue weighted by Crippen LogP contribution is 2.23. The summed E-state index contributed by atoms with van der Waals surface area (Å²) in [5, 5.41) is 3.40. The molecule has 0 spiro atoms. The maximum atomic E-state index is 5.20. The zero-order valence-corrected chi connectivity index (χ0v) is 9.91. The molecule has 0 bridgehead atoms. The molecule has 0 aromatic rings. The first kappa shape index (κ1) is 11.4. The normalized spacial score (nSPS) is 22.3. The van der Waals surface area contributed by atoms with E-state index in [9.17, 15) is 0 Å². The maximum absolute atomic E-state index is 5.20. The molecule has 2 aliphatic rings. The molecule has 0 atom stereocenters. The van der Waals surface area contributed by atoms with Crippen molar-refractivity contribution in [3.63, 3.8) is 0 Å². The van der Waals surface area contributed by atoms with Gasteiger partial charge in [0.15, 0.2) is 0 Å². The molecule has 0 aromatic carbocycles. The molecule has 1 fully saturated rings. The summed E-state index contributed by atoms with van der Waals surface area (Å²) >= 11 is 0. The molecule has 88 valence electrons. The number of ether oxygens (including phenoxy) is 1. The second kappa shape index (κ2) is 5.85. The molecule has 3 heteroatoms. The van der Waals surface area contributed by atoms with Crippen molar-refractivity contribution in [1.29, 1.82) is 0 Å². The minimum atomic E-state index is 0.734. The van der Waals surface area contributed by atoms with Crippen molar-refractivity contribution in [3.05, 3.63) is 23.9 Å². The predicted molar refractivity (Wildman–Crippen MR) is 66.5 cm³/mol. The van der Waals surface area contributed by atoms with E-state index in [0.29, 0.717) is 0 Å². The Morgan fingerprint density at radius 3 is 3.00 bits per heavy atom. The van der Waals surface area contributed by atoms with E-state index in [-0.39, 0.29) is 0 Å². The second-order valence-electron chi connectivity index (χ2n) is 4.46.